The van der Waals surface area contributed by atoms with E-state index in [0.29, 0.717) is 11.7 Å². The van der Waals surface area contributed by atoms with E-state index in [1.54, 1.807) is 6.21 Å². The van der Waals surface area contributed by atoms with Crippen molar-refractivity contribution < 1.29 is 0 Å². The highest BCUT2D eigenvalue weighted by molar-refractivity contribution is 6.33. The lowest BCUT2D eigenvalue weighted by Crippen LogP contribution is -2.16. The smallest absolute Gasteiger partial charge is 0.0798 e. The van der Waals surface area contributed by atoms with Crippen LogP contribution in [0.15, 0.2) is 29.4 Å². The van der Waals surface area contributed by atoms with E-state index >= 15 is 0 Å². The van der Waals surface area contributed by atoms with Crippen LogP contribution in [0.25, 0.3) is 0 Å². The minimum Gasteiger partial charge on any atom is -0.313 e. The van der Waals surface area contributed by atoms with Crippen molar-refractivity contribution in [1.29, 1.82) is 0 Å². The van der Waals surface area contributed by atoms with Gasteiger partial charge in [0.25, 0.3) is 0 Å². The number of halogens is 1. The maximum atomic E-state index is 5.85. The van der Waals surface area contributed by atoms with E-state index in [9.17, 15) is 0 Å². The summed E-state index contributed by atoms with van der Waals surface area (Å²) >= 11 is 5.85. The molecule has 0 spiro atoms. The quantitative estimate of drug-likeness (QED) is 0.420. The van der Waals surface area contributed by atoms with E-state index in [0.717, 1.165) is 5.56 Å². The third-order valence-corrected chi connectivity index (χ3v) is 1.64. The van der Waals surface area contributed by atoms with Crippen LogP contribution in [0.5, 0.6) is 0 Å². The molecule has 0 aliphatic rings. The van der Waals surface area contributed by atoms with Gasteiger partial charge in [0.15, 0.2) is 0 Å². The molecule has 0 amide bonds. The van der Waals surface area contributed by atoms with Crippen LogP contribution in [0.2, 0.25) is 5.02 Å². The Morgan fingerprint density at radius 1 is 1.50 bits per heavy atom. The predicted molar refractivity (Wildman–Crippen MR) is 51.2 cm³/mol. The summed E-state index contributed by atoms with van der Waals surface area (Å²) in [4.78, 5) is 0. The Kier molecular flexibility index (Phi) is 3.57. The van der Waals surface area contributed by atoms with Crippen molar-refractivity contribution in [2.45, 2.75) is 0 Å². The average Bonchev–Trinajstić information content (AvgIpc) is 2.09. The van der Waals surface area contributed by atoms with Gasteiger partial charge in [-0.3, -0.25) is 5.43 Å². The van der Waals surface area contributed by atoms with Crippen LogP contribution in [0.1, 0.15) is 5.56 Å². The van der Waals surface area contributed by atoms with Gasteiger partial charge >= 0.3 is 0 Å². The first-order valence-electron chi connectivity index (χ1n) is 3.55. The van der Waals surface area contributed by atoms with E-state index in [1.807, 2.05) is 24.3 Å². The van der Waals surface area contributed by atoms with Gasteiger partial charge in [-0.15, -0.1) is 0 Å². The van der Waals surface area contributed by atoms with Gasteiger partial charge in [-0.2, -0.15) is 5.10 Å². The van der Waals surface area contributed by atoms with Crippen molar-refractivity contribution in [1.82, 2.24) is 5.43 Å². The topological polar surface area (TPSA) is 50.4 Å². The number of hydrogen-bond acceptors (Lipinski definition) is 3. The lowest BCUT2D eigenvalue weighted by Gasteiger charge is -1.95. The number of hydrazone groups is 1. The van der Waals surface area contributed by atoms with Crippen LogP contribution < -0.4 is 11.2 Å². The van der Waals surface area contributed by atoms with Crippen LogP contribution in [0, 0.1) is 0 Å². The lowest BCUT2D eigenvalue weighted by molar-refractivity contribution is 0.764. The monoisotopic (exact) mass is 183 g/mol. The highest BCUT2D eigenvalue weighted by Crippen LogP contribution is 2.11. The SMILES string of the molecule is NCN/N=C/c1ccccc1Cl. The zero-order chi connectivity index (χ0) is 8.81. The minimum atomic E-state index is 0.320. The molecule has 0 heterocycles. The number of benzene rings is 1. The van der Waals surface area contributed by atoms with Crippen molar-refractivity contribution >= 4 is 17.8 Å². The first-order chi connectivity index (χ1) is 5.84. The molecule has 0 radical (unpaired) electrons. The fourth-order valence-corrected chi connectivity index (χ4v) is 0.932. The molecule has 0 bridgehead atoms. The molecule has 1 rings (SSSR count). The van der Waals surface area contributed by atoms with Crippen LogP contribution in [0.3, 0.4) is 0 Å². The number of nitrogens with two attached hydrogens (primary N) is 1. The largest absolute Gasteiger partial charge is 0.313 e. The molecule has 0 aliphatic heterocycles. The number of nitrogens with one attached hydrogen (secondary N) is 1. The predicted octanol–water partition coefficient (Wildman–Crippen LogP) is 1.18. The minimum absolute atomic E-state index is 0.320. The van der Waals surface area contributed by atoms with Gasteiger partial charge in [-0.25, -0.2) is 0 Å². The fourth-order valence-electron chi connectivity index (χ4n) is 0.748. The second kappa shape index (κ2) is 4.74. The average molecular weight is 184 g/mol. The Hall–Kier alpha value is -1.06. The molecule has 3 N–H and O–H groups in total. The van der Waals surface area contributed by atoms with Gasteiger partial charge < -0.3 is 5.73 Å². The second-order valence-corrected chi connectivity index (χ2v) is 2.55. The molecule has 0 aromatic heterocycles. The molecule has 0 saturated carbocycles. The number of hydrogen-bond donors (Lipinski definition) is 2. The van der Waals surface area contributed by atoms with Gasteiger partial charge in [0.2, 0.25) is 0 Å². The molecule has 64 valence electrons. The van der Waals surface area contributed by atoms with E-state index in [4.69, 9.17) is 17.3 Å². The summed E-state index contributed by atoms with van der Waals surface area (Å²) in [5.41, 5.74) is 8.66. The summed E-state index contributed by atoms with van der Waals surface area (Å²) in [6.45, 7) is 0.320. The Labute approximate surface area is 76.2 Å². The third-order valence-electron chi connectivity index (χ3n) is 1.29. The normalized spacial score (nSPS) is 10.5. The first kappa shape index (κ1) is 9.03. The molecular weight excluding hydrogens is 174 g/mol. The molecule has 0 aliphatic carbocycles. The van der Waals surface area contributed by atoms with Crippen LogP contribution >= 0.6 is 11.6 Å². The fraction of sp³-hybridized carbons (Fsp3) is 0.125. The number of nitrogens with zero attached hydrogens (tertiary/aromatic N) is 1. The van der Waals surface area contributed by atoms with E-state index < -0.39 is 0 Å². The molecule has 1 aromatic carbocycles. The van der Waals surface area contributed by atoms with Crippen molar-refractivity contribution in [3.05, 3.63) is 34.9 Å². The standard InChI is InChI=1S/C8H10ClN3/c9-8-4-2-1-3-7(8)5-11-12-6-10/h1-5,12H,6,10H2/b11-5+. The lowest BCUT2D eigenvalue weighted by atomic mass is 10.2. The Morgan fingerprint density at radius 2 is 2.25 bits per heavy atom. The molecule has 12 heavy (non-hydrogen) atoms. The van der Waals surface area contributed by atoms with Gasteiger partial charge in [-0.05, 0) is 6.07 Å². The maximum Gasteiger partial charge on any atom is 0.0798 e. The van der Waals surface area contributed by atoms with Gasteiger partial charge in [0.1, 0.15) is 0 Å². The van der Waals surface area contributed by atoms with E-state index in [2.05, 4.69) is 10.5 Å². The van der Waals surface area contributed by atoms with Crippen LogP contribution in [-0.2, 0) is 0 Å². The molecule has 4 heteroatoms. The van der Waals surface area contributed by atoms with Crippen molar-refractivity contribution in [3.8, 4) is 0 Å². The molecule has 3 nitrogen and oxygen atoms in total. The van der Waals surface area contributed by atoms with Crippen molar-refractivity contribution in [2.24, 2.45) is 10.8 Å². The molecular formula is C8H10ClN3. The summed E-state index contributed by atoms with van der Waals surface area (Å²) in [7, 11) is 0. The first-order valence-corrected chi connectivity index (χ1v) is 3.93. The van der Waals surface area contributed by atoms with Gasteiger partial charge in [0.05, 0.1) is 12.9 Å². The summed E-state index contributed by atoms with van der Waals surface area (Å²) in [5, 5.41) is 4.52. The van der Waals surface area contributed by atoms with Crippen LogP contribution in [-0.4, -0.2) is 12.9 Å². The maximum absolute atomic E-state index is 5.85. The zero-order valence-corrected chi connectivity index (χ0v) is 7.25. The van der Waals surface area contributed by atoms with E-state index in [-0.39, 0.29) is 0 Å². The Morgan fingerprint density at radius 3 is 2.92 bits per heavy atom. The molecule has 0 saturated heterocycles. The molecule has 0 fully saturated rings. The molecule has 0 atom stereocenters. The summed E-state index contributed by atoms with van der Waals surface area (Å²) in [6, 6.07) is 7.46. The van der Waals surface area contributed by atoms with Crippen molar-refractivity contribution in [3.63, 3.8) is 0 Å². The summed E-state index contributed by atoms with van der Waals surface area (Å²) in [6.07, 6.45) is 1.63. The summed E-state index contributed by atoms with van der Waals surface area (Å²) < 4.78 is 0. The number of rotatable bonds is 3. The van der Waals surface area contributed by atoms with Gasteiger partial charge in [0, 0.05) is 10.6 Å². The van der Waals surface area contributed by atoms with Gasteiger partial charge in [-0.1, -0.05) is 29.8 Å². The second-order valence-electron chi connectivity index (χ2n) is 2.14. The summed E-state index contributed by atoms with van der Waals surface area (Å²) in [5.74, 6) is 0. The van der Waals surface area contributed by atoms with E-state index in [1.165, 1.54) is 0 Å². The third kappa shape index (κ3) is 2.53. The zero-order valence-electron chi connectivity index (χ0n) is 6.50. The molecule has 0 unspecified atom stereocenters. The van der Waals surface area contributed by atoms with Crippen LogP contribution in [0.4, 0.5) is 0 Å². The Bertz CT molecular complexity index is 273. The highest BCUT2D eigenvalue weighted by Gasteiger charge is 1.92. The van der Waals surface area contributed by atoms with Crippen molar-refractivity contribution in [2.75, 3.05) is 6.67 Å². The molecule has 1 aromatic rings. The highest BCUT2D eigenvalue weighted by atomic mass is 35.5. The Balaban J connectivity index is 2.68.